The Morgan fingerprint density at radius 1 is 1.30 bits per heavy atom. The van der Waals surface area contributed by atoms with E-state index in [0.717, 1.165) is 0 Å². The van der Waals surface area contributed by atoms with Gasteiger partial charge in [0.1, 0.15) is 47.2 Å². The van der Waals surface area contributed by atoms with Crippen LogP contribution in [0.5, 0.6) is 0 Å². The standard InChI is InChI=1S/C18H16ClN5O4S2/c19-11-3-10(2-1-9(11)4-20)30-18-17(27)15(16(26)14(6-25)28-18)24-5-12(22-23-24)13-7-29-8-21-13/h1-3,5,7-8,14-18,25-27H,6H2/t14-,15+,16+,17-,18-/m1/s1. The third kappa shape index (κ3) is 4.08. The highest BCUT2D eigenvalue weighted by Crippen LogP contribution is 2.39. The largest absolute Gasteiger partial charge is 0.394 e. The lowest BCUT2D eigenvalue weighted by Gasteiger charge is -2.41. The van der Waals surface area contributed by atoms with Crippen molar-refractivity contribution in [1.82, 2.24) is 20.0 Å². The highest BCUT2D eigenvalue weighted by Gasteiger charge is 2.46. The SMILES string of the molecule is N#Cc1ccc(S[C@H]2O[C@H](CO)[C@H](O)[C@H](n3cc(-c4cscn4)nn3)[C@H]2O)cc1Cl. The second-order valence-electron chi connectivity index (χ2n) is 6.53. The van der Waals surface area contributed by atoms with Gasteiger partial charge in [0.15, 0.2) is 0 Å². The summed E-state index contributed by atoms with van der Waals surface area (Å²) in [5.41, 5.74) is 2.32. The Bertz CT molecular complexity index is 1060. The van der Waals surface area contributed by atoms with Gasteiger partial charge < -0.3 is 20.1 Å². The number of thiazole rings is 1. The molecule has 1 aromatic carbocycles. The molecule has 0 unspecified atom stereocenters. The van der Waals surface area contributed by atoms with Crippen LogP contribution in [0.25, 0.3) is 11.4 Å². The van der Waals surface area contributed by atoms with Crippen molar-refractivity contribution in [3.63, 3.8) is 0 Å². The zero-order chi connectivity index (χ0) is 21.3. The number of hydrogen-bond acceptors (Lipinski definition) is 10. The van der Waals surface area contributed by atoms with Gasteiger partial charge in [0.2, 0.25) is 0 Å². The minimum atomic E-state index is -1.21. The van der Waals surface area contributed by atoms with Crippen LogP contribution in [0.15, 0.2) is 40.2 Å². The summed E-state index contributed by atoms with van der Waals surface area (Å²) in [6.07, 6.45) is -1.73. The van der Waals surface area contributed by atoms with Crippen molar-refractivity contribution in [2.24, 2.45) is 0 Å². The number of nitriles is 1. The molecule has 0 spiro atoms. The van der Waals surface area contributed by atoms with E-state index in [2.05, 4.69) is 15.3 Å². The molecule has 3 aromatic rings. The maximum absolute atomic E-state index is 11.0. The fourth-order valence-electron chi connectivity index (χ4n) is 3.15. The average Bonchev–Trinajstić information content (AvgIpc) is 3.42. The molecule has 5 atom stereocenters. The number of aromatic nitrogens is 4. The number of halogens is 1. The van der Waals surface area contributed by atoms with Gasteiger partial charge in [0.05, 0.1) is 28.9 Å². The average molecular weight is 466 g/mol. The van der Waals surface area contributed by atoms with E-state index in [1.165, 1.54) is 27.8 Å². The number of benzene rings is 1. The van der Waals surface area contributed by atoms with Gasteiger partial charge in [-0.1, -0.05) is 28.6 Å². The van der Waals surface area contributed by atoms with Gasteiger partial charge in [-0.2, -0.15) is 5.26 Å². The molecule has 30 heavy (non-hydrogen) atoms. The number of thioether (sulfide) groups is 1. The Hall–Kier alpha value is -2.04. The number of aliphatic hydroxyl groups excluding tert-OH is 3. The van der Waals surface area contributed by atoms with Gasteiger partial charge in [-0.05, 0) is 18.2 Å². The van der Waals surface area contributed by atoms with Crippen LogP contribution in [0, 0.1) is 11.3 Å². The molecule has 1 fully saturated rings. The van der Waals surface area contributed by atoms with E-state index in [1.54, 1.807) is 29.9 Å². The minimum absolute atomic E-state index is 0.285. The van der Waals surface area contributed by atoms with E-state index in [-0.39, 0.29) is 5.02 Å². The fourth-order valence-corrected chi connectivity index (χ4v) is 5.08. The van der Waals surface area contributed by atoms with Gasteiger partial charge in [-0.15, -0.1) is 16.4 Å². The quantitative estimate of drug-likeness (QED) is 0.513. The Kier molecular flexibility index (Phi) is 6.35. The number of rotatable bonds is 5. The van der Waals surface area contributed by atoms with Crippen LogP contribution >= 0.6 is 34.7 Å². The van der Waals surface area contributed by atoms with Gasteiger partial charge in [0, 0.05) is 10.3 Å². The molecule has 1 aliphatic rings. The summed E-state index contributed by atoms with van der Waals surface area (Å²) in [7, 11) is 0. The predicted octanol–water partition coefficient (Wildman–Crippen LogP) is 1.70. The minimum Gasteiger partial charge on any atom is -0.394 e. The molecule has 0 radical (unpaired) electrons. The van der Waals surface area contributed by atoms with Crippen LogP contribution in [0.1, 0.15) is 11.6 Å². The van der Waals surface area contributed by atoms with Crippen molar-refractivity contribution < 1.29 is 20.1 Å². The van der Waals surface area contributed by atoms with Crippen LogP contribution in [0.2, 0.25) is 5.02 Å². The zero-order valence-electron chi connectivity index (χ0n) is 15.2. The third-order valence-electron chi connectivity index (χ3n) is 4.67. The lowest BCUT2D eigenvalue weighted by Crippen LogP contribution is -2.55. The van der Waals surface area contributed by atoms with E-state index in [0.29, 0.717) is 21.8 Å². The Morgan fingerprint density at radius 2 is 2.13 bits per heavy atom. The molecule has 0 bridgehead atoms. The molecule has 2 aromatic heterocycles. The summed E-state index contributed by atoms with van der Waals surface area (Å²) in [6, 6.07) is 5.96. The van der Waals surface area contributed by atoms with Crippen LogP contribution in [-0.4, -0.2) is 65.7 Å². The van der Waals surface area contributed by atoms with E-state index >= 15 is 0 Å². The summed E-state index contributed by atoms with van der Waals surface area (Å²) in [5.74, 6) is 0. The van der Waals surface area contributed by atoms with Gasteiger partial charge in [0.25, 0.3) is 0 Å². The summed E-state index contributed by atoms with van der Waals surface area (Å²) in [5, 5.41) is 50.6. The molecular weight excluding hydrogens is 450 g/mol. The molecule has 3 N–H and O–H groups in total. The lowest BCUT2D eigenvalue weighted by molar-refractivity contribution is -0.178. The Labute approximate surface area is 184 Å². The van der Waals surface area contributed by atoms with Crippen LogP contribution in [0.3, 0.4) is 0 Å². The van der Waals surface area contributed by atoms with Crippen molar-refractivity contribution in [1.29, 1.82) is 5.26 Å². The first kappa shape index (κ1) is 21.2. The summed E-state index contributed by atoms with van der Waals surface area (Å²) in [6.45, 7) is -0.441. The summed E-state index contributed by atoms with van der Waals surface area (Å²) < 4.78 is 7.09. The predicted molar refractivity (Wildman–Crippen MR) is 110 cm³/mol. The van der Waals surface area contributed by atoms with Crippen molar-refractivity contribution in [3.05, 3.63) is 45.9 Å². The van der Waals surface area contributed by atoms with E-state index in [1.807, 2.05) is 11.4 Å². The maximum Gasteiger partial charge on any atom is 0.136 e. The van der Waals surface area contributed by atoms with Gasteiger partial charge >= 0.3 is 0 Å². The van der Waals surface area contributed by atoms with E-state index in [9.17, 15) is 15.3 Å². The molecule has 1 saturated heterocycles. The van der Waals surface area contributed by atoms with E-state index in [4.69, 9.17) is 21.6 Å². The molecular formula is C18H16ClN5O4S2. The van der Waals surface area contributed by atoms with Gasteiger partial charge in [-0.25, -0.2) is 9.67 Å². The van der Waals surface area contributed by atoms with Crippen molar-refractivity contribution in [2.75, 3.05) is 6.61 Å². The summed E-state index contributed by atoms with van der Waals surface area (Å²) >= 11 is 8.68. The zero-order valence-corrected chi connectivity index (χ0v) is 17.6. The molecule has 0 aliphatic carbocycles. The topological polar surface area (TPSA) is 137 Å². The summed E-state index contributed by atoms with van der Waals surface area (Å²) in [4.78, 5) is 4.84. The lowest BCUT2D eigenvalue weighted by atomic mass is 9.97. The fraction of sp³-hybridized carbons (Fsp3) is 0.333. The Balaban J connectivity index is 1.60. The monoisotopic (exact) mass is 465 g/mol. The first-order chi connectivity index (χ1) is 14.5. The van der Waals surface area contributed by atoms with Crippen LogP contribution in [-0.2, 0) is 4.74 Å². The highest BCUT2D eigenvalue weighted by atomic mass is 35.5. The normalized spacial score (nSPS) is 26.4. The molecule has 1 aliphatic heterocycles. The second kappa shape index (κ2) is 8.99. The Morgan fingerprint density at radius 3 is 2.80 bits per heavy atom. The van der Waals surface area contributed by atoms with Crippen molar-refractivity contribution in [3.8, 4) is 17.5 Å². The molecule has 9 nitrogen and oxygen atoms in total. The molecule has 156 valence electrons. The smallest absolute Gasteiger partial charge is 0.136 e. The number of hydrogen-bond donors (Lipinski definition) is 3. The highest BCUT2D eigenvalue weighted by molar-refractivity contribution is 7.99. The third-order valence-corrected chi connectivity index (χ3v) is 6.72. The molecule has 3 heterocycles. The molecule has 12 heteroatoms. The molecule has 0 amide bonds. The molecule has 0 saturated carbocycles. The van der Waals surface area contributed by atoms with Crippen molar-refractivity contribution >= 4 is 34.7 Å². The van der Waals surface area contributed by atoms with Crippen molar-refractivity contribution in [2.45, 2.75) is 34.7 Å². The number of aliphatic hydroxyl groups is 3. The number of nitrogens with zero attached hydrogens (tertiary/aromatic N) is 5. The van der Waals surface area contributed by atoms with E-state index < -0.39 is 36.4 Å². The second-order valence-corrected chi connectivity index (χ2v) is 8.82. The van der Waals surface area contributed by atoms with Crippen LogP contribution in [0.4, 0.5) is 0 Å². The number of ether oxygens (including phenoxy) is 1. The maximum atomic E-state index is 11.0. The van der Waals surface area contributed by atoms with Gasteiger partial charge in [-0.3, -0.25) is 0 Å². The van der Waals surface area contributed by atoms with Crippen LogP contribution < -0.4 is 0 Å². The first-order valence-electron chi connectivity index (χ1n) is 8.81. The first-order valence-corrected chi connectivity index (χ1v) is 11.0. The molecule has 4 rings (SSSR count).